The van der Waals surface area contributed by atoms with Crippen molar-refractivity contribution in [2.45, 2.75) is 57.3 Å². The molecule has 21 heavy (non-hydrogen) atoms. The van der Waals surface area contributed by atoms with Crippen LogP contribution >= 0.6 is 0 Å². The van der Waals surface area contributed by atoms with Crippen LogP contribution in [0.1, 0.15) is 52.4 Å². The highest BCUT2D eigenvalue weighted by Crippen LogP contribution is 2.18. The van der Waals surface area contributed by atoms with Gasteiger partial charge in [0.05, 0.1) is 4.90 Å². The second kappa shape index (κ2) is 8.82. The molecular formula is C16H26N2O2S. The first kappa shape index (κ1) is 17.7. The number of unbranched alkanes of at least 4 members (excludes halogenated alkanes) is 3. The second-order valence-corrected chi connectivity index (χ2v) is 7.01. The lowest BCUT2D eigenvalue weighted by molar-refractivity contribution is 0.495. The van der Waals surface area contributed by atoms with Crippen molar-refractivity contribution in [1.29, 1.82) is 5.41 Å². The van der Waals surface area contributed by atoms with Gasteiger partial charge in [-0.05, 0) is 25.0 Å². The average Bonchev–Trinajstić information content (AvgIpc) is 2.50. The molecule has 1 rings (SSSR count). The van der Waals surface area contributed by atoms with Gasteiger partial charge in [0.15, 0.2) is 0 Å². The first-order valence-electron chi connectivity index (χ1n) is 7.69. The van der Waals surface area contributed by atoms with Crippen LogP contribution in [0.15, 0.2) is 35.2 Å². The normalized spacial score (nSPS) is 11.3. The van der Waals surface area contributed by atoms with Crippen molar-refractivity contribution >= 4 is 15.9 Å². The lowest BCUT2D eigenvalue weighted by atomic mass is 10.2. The molecule has 0 saturated carbocycles. The fourth-order valence-corrected chi connectivity index (χ4v) is 3.60. The molecule has 0 atom stereocenters. The Morgan fingerprint density at radius 2 is 1.67 bits per heavy atom. The van der Waals surface area contributed by atoms with E-state index in [1.807, 2.05) is 6.92 Å². The highest BCUT2D eigenvalue weighted by molar-refractivity contribution is 7.89. The van der Waals surface area contributed by atoms with E-state index >= 15 is 0 Å². The molecule has 0 aliphatic heterocycles. The minimum atomic E-state index is -3.60. The molecule has 1 N–H and O–H groups in total. The van der Waals surface area contributed by atoms with Gasteiger partial charge in [-0.2, -0.15) is 0 Å². The summed E-state index contributed by atoms with van der Waals surface area (Å²) in [5, 5.41) is 8.14. The van der Waals surface area contributed by atoms with Gasteiger partial charge >= 0.3 is 0 Å². The molecule has 5 heteroatoms. The van der Waals surface area contributed by atoms with Crippen LogP contribution in [0.25, 0.3) is 0 Å². The SMILES string of the molecule is CCCCCN(C(=N)CCCC)S(=O)(=O)c1ccccc1. The van der Waals surface area contributed by atoms with Gasteiger partial charge in [0.1, 0.15) is 5.84 Å². The summed E-state index contributed by atoms with van der Waals surface area (Å²) in [6, 6.07) is 8.41. The Labute approximate surface area is 128 Å². The van der Waals surface area contributed by atoms with Crippen LogP contribution in [0.3, 0.4) is 0 Å². The molecule has 0 fully saturated rings. The van der Waals surface area contributed by atoms with E-state index in [9.17, 15) is 8.42 Å². The Bertz CT molecular complexity index is 526. The first-order valence-corrected chi connectivity index (χ1v) is 9.13. The van der Waals surface area contributed by atoms with Gasteiger partial charge in [-0.15, -0.1) is 0 Å². The highest BCUT2D eigenvalue weighted by atomic mass is 32.2. The summed E-state index contributed by atoms with van der Waals surface area (Å²) >= 11 is 0. The van der Waals surface area contributed by atoms with Gasteiger partial charge in [-0.3, -0.25) is 9.71 Å². The Morgan fingerprint density at radius 1 is 1.05 bits per heavy atom. The number of benzene rings is 1. The topological polar surface area (TPSA) is 61.2 Å². The van der Waals surface area contributed by atoms with Crippen LogP contribution in [0, 0.1) is 5.41 Å². The third-order valence-corrected chi connectivity index (χ3v) is 5.22. The zero-order valence-electron chi connectivity index (χ0n) is 13.0. The van der Waals surface area contributed by atoms with Crippen LogP contribution in [-0.4, -0.2) is 25.1 Å². The Hall–Kier alpha value is -1.36. The smallest absolute Gasteiger partial charge is 0.265 e. The summed E-state index contributed by atoms with van der Waals surface area (Å²) in [5.41, 5.74) is 0. The standard InChI is InChI=1S/C16H26N2O2S/c1-3-5-10-14-18(16(17)13-6-4-2)21(19,20)15-11-8-7-9-12-15/h7-9,11-12,17H,3-6,10,13-14H2,1-2H3. The number of amidine groups is 1. The molecule has 0 unspecified atom stereocenters. The van der Waals surface area contributed by atoms with Crippen molar-refractivity contribution in [3.63, 3.8) is 0 Å². The Kier molecular flexibility index (Phi) is 7.43. The summed E-state index contributed by atoms with van der Waals surface area (Å²) in [6.07, 6.45) is 5.10. The summed E-state index contributed by atoms with van der Waals surface area (Å²) in [4.78, 5) is 0.266. The quantitative estimate of drug-likeness (QED) is 0.425. The van der Waals surface area contributed by atoms with Crippen molar-refractivity contribution < 1.29 is 8.42 Å². The Morgan fingerprint density at radius 3 is 2.24 bits per heavy atom. The average molecular weight is 310 g/mol. The van der Waals surface area contributed by atoms with Crippen molar-refractivity contribution in [3.8, 4) is 0 Å². The molecule has 0 bridgehead atoms. The third kappa shape index (κ3) is 5.16. The predicted octanol–water partition coefficient (Wildman–Crippen LogP) is 4.03. The molecule has 0 aliphatic rings. The van der Waals surface area contributed by atoms with Gasteiger partial charge < -0.3 is 0 Å². The number of rotatable bonds is 9. The largest absolute Gasteiger partial charge is 0.288 e. The number of hydrogen-bond acceptors (Lipinski definition) is 3. The van der Waals surface area contributed by atoms with Crippen LogP contribution in [-0.2, 0) is 10.0 Å². The number of nitrogens with zero attached hydrogens (tertiary/aromatic N) is 1. The molecule has 0 aromatic heterocycles. The van der Waals surface area contributed by atoms with E-state index in [1.54, 1.807) is 30.3 Å². The molecule has 0 amide bonds. The third-order valence-electron chi connectivity index (χ3n) is 3.36. The summed E-state index contributed by atoms with van der Waals surface area (Å²) in [6.45, 7) is 4.52. The fourth-order valence-electron chi connectivity index (χ4n) is 2.09. The number of hydrogen-bond donors (Lipinski definition) is 1. The second-order valence-electron chi connectivity index (χ2n) is 5.15. The number of sulfonamides is 1. The summed E-state index contributed by atoms with van der Waals surface area (Å²) in [5.74, 6) is 0.205. The van der Waals surface area contributed by atoms with E-state index in [4.69, 9.17) is 5.41 Å². The summed E-state index contributed by atoms with van der Waals surface area (Å²) in [7, 11) is -3.60. The van der Waals surface area contributed by atoms with Crippen LogP contribution in [0.4, 0.5) is 0 Å². The van der Waals surface area contributed by atoms with E-state index in [1.165, 1.54) is 4.31 Å². The van der Waals surface area contributed by atoms with E-state index < -0.39 is 10.0 Å². The van der Waals surface area contributed by atoms with Gasteiger partial charge in [0.2, 0.25) is 0 Å². The maximum Gasteiger partial charge on any atom is 0.265 e. The van der Waals surface area contributed by atoms with Gasteiger partial charge in [0, 0.05) is 13.0 Å². The van der Waals surface area contributed by atoms with Crippen LogP contribution in [0.2, 0.25) is 0 Å². The first-order chi connectivity index (χ1) is 10.0. The summed E-state index contributed by atoms with van der Waals surface area (Å²) < 4.78 is 26.7. The molecule has 0 radical (unpaired) electrons. The van der Waals surface area contributed by atoms with Gasteiger partial charge in [-0.1, -0.05) is 51.3 Å². The molecule has 1 aromatic rings. The Balaban J connectivity index is 2.96. The molecule has 0 spiro atoms. The van der Waals surface area contributed by atoms with E-state index in [-0.39, 0.29) is 10.7 Å². The monoisotopic (exact) mass is 310 g/mol. The molecule has 0 aliphatic carbocycles. The molecular weight excluding hydrogens is 284 g/mol. The zero-order chi connectivity index (χ0) is 15.7. The van der Waals surface area contributed by atoms with Gasteiger partial charge in [0.25, 0.3) is 10.0 Å². The van der Waals surface area contributed by atoms with Crippen LogP contribution < -0.4 is 0 Å². The minimum Gasteiger partial charge on any atom is -0.288 e. The van der Waals surface area contributed by atoms with Crippen molar-refractivity contribution in [1.82, 2.24) is 4.31 Å². The van der Waals surface area contributed by atoms with Gasteiger partial charge in [-0.25, -0.2) is 8.42 Å². The molecule has 118 valence electrons. The zero-order valence-corrected chi connectivity index (χ0v) is 13.8. The van der Waals surface area contributed by atoms with Crippen molar-refractivity contribution in [2.24, 2.45) is 0 Å². The highest BCUT2D eigenvalue weighted by Gasteiger charge is 2.25. The molecule has 0 heterocycles. The van der Waals surface area contributed by atoms with Crippen molar-refractivity contribution in [3.05, 3.63) is 30.3 Å². The lowest BCUT2D eigenvalue weighted by Crippen LogP contribution is -2.37. The number of nitrogens with one attached hydrogen (secondary N) is 1. The maximum atomic E-state index is 12.7. The van der Waals surface area contributed by atoms with Crippen LogP contribution in [0.5, 0.6) is 0 Å². The lowest BCUT2D eigenvalue weighted by Gasteiger charge is -2.25. The minimum absolute atomic E-state index is 0.205. The van der Waals surface area contributed by atoms with E-state index in [2.05, 4.69) is 6.92 Å². The molecule has 4 nitrogen and oxygen atoms in total. The maximum absolute atomic E-state index is 12.7. The van der Waals surface area contributed by atoms with E-state index in [0.717, 1.165) is 32.1 Å². The predicted molar refractivity (Wildman–Crippen MR) is 87.1 cm³/mol. The van der Waals surface area contributed by atoms with Crippen molar-refractivity contribution in [2.75, 3.05) is 6.54 Å². The van der Waals surface area contributed by atoms with E-state index in [0.29, 0.717) is 13.0 Å². The molecule has 1 aromatic carbocycles. The molecule has 0 saturated heterocycles. The fraction of sp³-hybridized carbons (Fsp3) is 0.562.